The van der Waals surface area contributed by atoms with Crippen LogP contribution in [0.5, 0.6) is 0 Å². The summed E-state index contributed by atoms with van der Waals surface area (Å²) in [5, 5.41) is 2.80. The van der Waals surface area contributed by atoms with Crippen molar-refractivity contribution >= 4 is 21.6 Å². The van der Waals surface area contributed by atoms with E-state index in [1.807, 2.05) is 11.9 Å². The van der Waals surface area contributed by atoms with Crippen LogP contribution < -0.4 is 5.32 Å². The summed E-state index contributed by atoms with van der Waals surface area (Å²) in [7, 11) is 1.39. The van der Waals surface area contributed by atoms with Crippen molar-refractivity contribution in [1.82, 2.24) is 9.21 Å². The van der Waals surface area contributed by atoms with Crippen molar-refractivity contribution in [1.29, 1.82) is 0 Å². The zero-order chi connectivity index (χ0) is 20.9. The van der Waals surface area contributed by atoms with Crippen LogP contribution in [0.15, 0.2) is 53.4 Å². The van der Waals surface area contributed by atoms with Crippen LogP contribution >= 0.6 is 0 Å². The van der Waals surface area contributed by atoms with E-state index in [0.29, 0.717) is 18.2 Å². The van der Waals surface area contributed by atoms with E-state index in [2.05, 4.69) is 43.4 Å². The number of likely N-dealkylation sites (N-methyl/N-ethyl adjacent to an activating group) is 1. The van der Waals surface area contributed by atoms with Crippen LogP contribution in [-0.4, -0.2) is 51.2 Å². The van der Waals surface area contributed by atoms with E-state index in [1.165, 1.54) is 31.8 Å². The van der Waals surface area contributed by atoms with Crippen LogP contribution in [-0.2, 0) is 21.4 Å². The van der Waals surface area contributed by atoms with Gasteiger partial charge in [-0.25, -0.2) is 12.7 Å². The normalized spacial score (nSPS) is 12.0. The number of carbonyl (C=O) groups is 1. The fourth-order valence-electron chi connectivity index (χ4n) is 2.74. The highest BCUT2D eigenvalue weighted by Gasteiger charge is 2.17. The lowest BCUT2D eigenvalue weighted by atomic mass is 10.0. The molecule has 0 unspecified atom stereocenters. The summed E-state index contributed by atoms with van der Waals surface area (Å²) in [6.45, 7) is 5.23. The summed E-state index contributed by atoms with van der Waals surface area (Å²) >= 11 is 0. The number of sulfonamides is 1. The number of benzene rings is 2. The van der Waals surface area contributed by atoms with Gasteiger partial charge >= 0.3 is 0 Å². The monoisotopic (exact) mass is 403 g/mol. The van der Waals surface area contributed by atoms with E-state index in [0.717, 1.165) is 9.87 Å². The van der Waals surface area contributed by atoms with Gasteiger partial charge in [-0.2, -0.15) is 0 Å². The Bertz CT molecular complexity index is 889. The lowest BCUT2D eigenvalue weighted by molar-refractivity contribution is -0.117. The molecule has 0 aliphatic rings. The molecule has 0 heterocycles. The minimum Gasteiger partial charge on any atom is -0.325 e. The molecule has 0 bridgehead atoms. The smallest absolute Gasteiger partial charge is 0.242 e. The summed E-state index contributed by atoms with van der Waals surface area (Å²) in [5.74, 6) is 0.348. The molecule has 28 heavy (non-hydrogen) atoms. The highest BCUT2D eigenvalue weighted by atomic mass is 32.2. The molecule has 6 nitrogen and oxygen atoms in total. The molecule has 2 rings (SSSR count). The van der Waals surface area contributed by atoms with Crippen molar-refractivity contribution in [3.63, 3.8) is 0 Å². The molecule has 1 amide bonds. The van der Waals surface area contributed by atoms with Gasteiger partial charge in [-0.05, 0) is 48.4 Å². The average Bonchev–Trinajstić information content (AvgIpc) is 2.62. The van der Waals surface area contributed by atoms with Gasteiger partial charge in [-0.15, -0.1) is 0 Å². The number of hydrogen-bond donors (Lipinski definition) is 1. The largest absolute Gasteiger partial charge is 0.325 e. The van der Waals surface area contributed by atoms with Crippen molar-refractivity contribution in [2.24, 2.45) is 0 Å². The van der Waals surface area contributed by atoms with Crippen LogP contribution in [0, 0.1) is 0 Å². The molecule has 152 valence electrons. The molecule has 0 aliphatic heterocycles. The molecule has 0 saturated heterocycles. The maximum atomic E-state index is 12.3. The SMILES string of the molecule is CC(C)c1ccc(CN(C)CC(=O)Nc2ccc(S(=O)(=O)N(C)C)cc2)cc1. The number of hydrogen-bond acceptors (Lipinski definition) is 4. The first-order chi connectivity index (χ1) is 13.1. The predicted molar refractivity (Wildman–Crippen MR) is 113 cm³/mol. The molecule has 0 spiro atoms. The molecule has 2 aromatic carbocycles. The maximum absolute atomic E-state index is 12.3. The molecule has 0 fully saturated rings. The first-order valence-corrected chi connectivity index (χ1v) is 10.6. The summed E-state index contributed by atoms with van der Waals surface area (Å²) in [6.07, 6.45) is 0. The maximum Gasteiger partial charge on any atom is 0.242 e. The standard InChI is InChI=1S/C21H29N3O3S/c1-16(2)18-8-6-17(7-9-18)14-24(5)15-21(25)22-19-10-12-20(13-11-19)28(26,27)23(3)4/h6-13,16H,14-15H2,1-5H3,(H,22,25). The molecule has 2 aromatic rings. The second kappa shape index (κ2) is 9.32. The van der Waals surface area contributed by atoms with Gasteiger partial charge in [0.1, 0.15) is 0 Å². The Kier molecular flexibility index (Phi) is 7.35. The third kappa shape index (κ3) is 5.89. The quantitative estimate of drug-likeness (QED) is 0.735. The van der Waals surface area contributed by atoms with Gasteiger partial charge in [0, 0.05) is 26.3 Å². The average molecular weight is 404 g/mol. The molecular weight excluding hydrogens is 374 g/mol. The summed E-state index contributed by atoms with van der Waals surface area (Å²) in [4.78, 5) is 14.4. The number of nitrogens with one attached hydrogen (secondary N) is 1. The molecule has 0 radical (unpaired) electrons. The van der Waals surface area contributed by atoms with Crippen LogP contribution in [0.1, 0.15) is 30.9 Å². The van der Waals surface area contributed by atoms with Crippen molar-refractivity contribution in [2.75, 3.05) is 33.0 Å². The minimum absolute atomic E-state index is 0.149. The second-order valence-electron chi connectivity index (χ2n) is 7.43. The van der Waals surface area contributed by atoms with Crippen molar-refractivity contribution < 1.29 is 13.2 Å². The number of anilines is 1. The summed E-state index contributed by atoms with van der Waals surface area (Å²) < 4.78 is 25.3. The van der Waals surface area contributed by atoms with Crippen LogP contribution in [0.2, 0.25) is 0 Å². The van der Waals surface area contributed by atoms with E-state index < -0.39 is 10.0 Å². The Labute approximate surface area is 168 Å². The lowest BCUT2D eigenvalue weighted by Crippen LogP contribution is -2.29. The van der Waals surface area contributed by atoms with E-state index >= 15 is 0 Å². The number of amides is 1. The zero-order valence-electron chi connectivity index (χ0n) is 17.1. The van der Waals surface area contributed by atoms with Gasteiger partial charge in [0.25, 0.3) is 0 Å². The Balaban J connectivity index is 1.91. The third-order valence-electron chi connectivity index (χ3n) is 4.43. The van der Waals surface area contributed by atoms with Gasteiger partial charge in [0.2, 0.25) is 15.9 Å². The van der Waals surface area contributed by atoms with Crippen LogP contribution in [0.3, 0.4) is 0 Å². The first kappa shape index (κ1) is 22.1. The highest BCUT2D eigenvalue weighted by molar-refractivity contribution is 7.89. The summed E-state index contributed by atoms with van der Waals surface area (Å²) in [5.41, 5.74) is 3.01. The molecule has 0 aliphatic carbocycles. The fraction of sp³-hybridized carbons (Fsp3) is 0.381. The zero-order valence-corrected chi connectivity index (χ0v) is 18.0. The van der Waals surface area contributed by atoms with Gasteiger partial charge in [0.15, 0.2) is 0 Å². The minimum atomic E-state index is -3.47. The van der Waals surface area contributed by atoms with E-state index in [-0.39, 0.29) is 17.3 Å². The fourth-order valence-corrected chi connectivity index (χ4v) is 3.64. The molecule has 0 atom stereocenters. The molecule has 0 saturated carbocycles. The van der Waals surface area contributed by atoms with Crippen LogP contribution in [0.4, 0.5) is 5.69 Å². The Morgan fingerprint density at radius 1 is 0.964 bits per heavy atom. The molecule has 1 N–H and O–H groups in total. The van der Waals surface area contributed by atoms with E-state index in [1.54, 1.807) is 12.1 Å². The number of nitrogens with zero attached hydrogens (tertiary/aromatic N) is 2. The summed E-state index contributed by atoms with van der Waals surface area (Å²) in [6, 6.07) is 14.6. The van der Waals surface area contributed by atoms with Crippen LogP contribution in [0.25, 0.3) is 0 Å². The Hall–Kier alpha value is -2.22. The van der Waals surface area contributed by atoms with E-state index in [9.17, 15) is 13.2 Å². The second-order valence-corrected chi connectivity index (χ2v) is 9.58. The van der Waals surface area contributed by atoms with E-state index in [4.69, 9.17) is 0 Å². The third-order valence-corrected chi connectivity index (χ3v) is 6.26. The number of carbonyl (C=O) groups excluding carboxylic acids is 1. The topological polar surface area (TPSA) is 69.7 Å². The Morgan fingerprint density at radius 2 is 1.54 bits per heavy atom. The molecule has 7 heteroatoms. The van der Waals surface area contributed by atoms with Gasteiger partial charge in [-0.1, -0.05) is 38.1 Å². The van der Waals surface area contributed by atoms with Gasteiger partial charge in [-0.3, -0.25) is 9.69 Å². The van der Waals surface area contributed by atoms with Gasteiger partial charge < -0.3 is 5.32 Å². The van der Waals surface area contributed by atoms with Crippen molar-refractivity contribution in [3.05, 3.63) is 59.7 Å². The lowest BCUT2D eigenvalue weighted by Gasteiger charge is -2.17. The van der Waals surface area contributed by atoms with Crippen molar-refractivity contribution in [3.8, 4) is 0 Å². The number of rotatable bonds is 8. The molecular formula is C21H29N3O3S. The van der Waals surface area contributed by atoms with Gasteiger partial charge in [0.05, 0.1) is 11.4 Å². The Morgan fingerprint density at radius 3 is 2.04 bits per heavy atom. The highest BCUT2D eigenvalue weighted by Crippen LogP contribution is 2.17. The predicted octanol–water partition coefficient (Wildman–Crippen LogP) is 3.13. The van der Waals surface area contributed by atoms with Crippen molar-refractivity contribution in [2.45, 2.75) is 31.2 Å². The molecule has 0 aromatic heterocycles. The first-order valence-electron chi connectivity index (χ1n) is 9.19.